The molecule has 0 amide bonds. The number of nitrogens with zero attached hydrogens (tertiary/aromatic N) is 3. The summed E-state index contributed by atoms with van der Waals surface area (Å²) in [5.74, 6) is 2.05. The van der Waals surface area contributed by atoms with Crippen LogP contribution < -0.4 is 10.9 Å². The molecule has 1 aromatic rings. The third-order valence-corrected chi connectivity index (χ3v) is 4.58. The number of hydrazine groups is 1. The maximum Gasteiger partial charge on any atom is 0.131 e. The molecule has 2 rings (SSSR count). The van der Waals surface area contributed by atoms with Crippen molar-refractivity contribution in [1.29, 1.82) is 0 Å². The Hall–Kier alpha value is -1.04. The summed E-state index contributed by atoms with van der Waals surface area (Å²) in [6.45, 7) is 10.8. The summed E-state index contributed by atoms with van der Waals surface area (Å²) in [5, 5.41) is 0. The van der Waals surface area contributed by atoms with Gasteiger partial charge in [0.15, 0.2) is 0 Å². The molecule has 0 bridgehead atoms. The number of hydrogen-bond acceptors (Lipinski definition) is 5. The van der Waals surface area contributed by atoms with E-state index in [0.717, 1.165) is 30.5 Å². The SMILES string of the molecule is CC(C)c1nccc(CN(C)CCCC2C(C)NNC2C)n1. The van der Waals surface area contributed by atoms with E-state index in [1.165, 1.54) is 12.8 Å². The Bertz CT molecular complexity index is 452. The van der Waals surface area contributed by atoms with Crippen LogP contribution >= 0.6 is 0 Å². The molecule has 1 saturated heterocycles. The predicted octanol–water partition coefficient (Wildman–Crippen LogP) is 2.31. The lowest BCUT2D eigenvalue weighted by molar-refractivity contribution is 0.293. The molecule has 1 aliphatic rings. The van der Waals surface area contributed by atoms with Crippen LogP contribution in [0, 0.1) is 5.92 Å². The Morgan fingerprint density at radius 1 is 1.23 bits per heavy atom. The molecule has 5 heteroatoms. The molecule has 0 saturated carbocycles. The van der Waals surface area contributed by atoms with Crippen molar-refractivity contribution in [2.75, 3.05) is 13.6 Å². The molecule has 0 aliphatic carbocycles. The second-order valence-corrected chi connectivity index (χ2v) is 6.97. The lowest BCUT2D eigenvalue weighted by atomic mass is 9.91. The highest BCUT2D eigenvalue weighted by molar-refractivity contribution is 5.04. The maximum absolute atomic E-state index is 4.65. The van der Waals surface area contributed by atoms with Crippen LogP contribution in [-0.4, -0.2) is 40.5 Å². The molecule has 2 N–H and O–H groups in total. The third kappa shape index (κ3) is 4.73. The molecule has 5 nitrogen and oxygen atoms in total. The molecule has 2 heterocycles. The Morgan fingerprint density at radius 2 is 1.91 bits per heavy atom. The fourth-order valence-corrected chi connectivity index (χ4v) is 3.14. The van der Waals surface area contributed by atoms with E-state index < -0.39 is 0 Å². The Labute approximate surface area is 134 Å². The van der Waals surface area contributed by atoms with Gasteiger partial charge in [-0.25, -0.2) is 9.97 Å². The Balaban J connectivity index is 1.76. The van der Waals surface area contributed by atoms with Crippen molar-refractivity contribution in [2.45, 2.75) is 65.1 Å². The van der Waals surface area contributed by atoms with Gasteiger partial charge in [0.25, 0.3) is 0 Å². The van der Waals surface area contributed by atoms with Gasteiger partial charge in [0.2, 0.25) is 0 Å². The minimum absolute atomic E-state index is 0.385. The summed E-state index contributed by atoms with van der Waals surface area (Å²) < 4.78 is 0. The van der Waals surface area contributed by atoms with E-state index in [-0.39, 0.29) is 0 Å². The summed E-state index contributed by atoms with van der Waals surface area (Å²) in [5.41, 5.74) is 7.78. The average molecular weight is 305 g/mol. The molecular weight excluding hydrogens is 274 g/mol. The van der Waals surface area contributed by atoms with E-state index >= 15 is 0 Å². The van der Waals surface area contributed by atoms with Gasteiger partial charge >= 0.3 is 0 Å². The highest BCUT2D eigenvalue weighted by Gasteiger charge is 2.28. The summed E-state index contributed by atoms with van der Waals surface area (Å²) in [7, 11) is 2.18. The molecule has 1 fully saturated rings. The zero-order valence-electron chi connectivity index (χ0n) is 14.6. The third-order valence-electron chi connectivity index (χ3n) is 4.58. The molecule has 2 unspecified atom stereocenters. The lowest BCUT2D eigenvalue weighted by Crippen LogP contribution is -2.30. The fourth-order valence-electron chi connectivity index (χ4n) is 3.14. The first-order valence-electron chi connectivity index (χ1n) is 8.48. The van der Waals surface area contributed by atoms with Crippen molar-refractivity contribution < 1.29 is 0 Å². The Morgan fingerprint density at radius 3 is 2.55 bits per heavy atom. The van der Waals surface area contributed by atoms with Crippen LogP contribution in [0.15, 0.2) is 12.3 Å². The highest BCUT2D eigenvalue weighted by atomic mass is 15.4. The van der Waals surface area contributed by atoms with Crippen LogP contribution in [-0.2, 0) is 6.54 Å². The average Bonchev–Trinajstić information content (AvgIpc) is 2.79. The lowest BCUT2D eigenvalue weighted by Gasteiger charge is -2.21. The second-order valence-electron chi connectivity index (χ2n) is 6.97. The molecule has 1 aliphatic heterocycles. The zero-order chi connectivity index (χ0) is 16.1. The van der Waals surface area contributed by atoms with E-state index in [2.05, 4.69) is 60.5 Å². The molecule has 0 aromatic carbocycles. The zero-order valence-corrected chi connectivity index (χ0v) is 14.6. The van der Waals surface area contributed by atoms with E-state index in [9.17, 15) is 0 Å². The van der Waals surface area contributed by atoms with Crippen LogP contribution in [0.4, 0.5) is 0 Å². The second kappa shape index (κ2) is 7.99. The monoisotopic (exact) mass is 305 g/mol. The van der Waals surface area contributed by atoms with Crippen molar-refractivity contribution in [3.63, 3.8) is 0 Å². The van der Waals surface area contributed by atoms with Gasteiger partial charge in [-0.1, -0.05) is 13.8 Å². The number of rotatable bonds is 7. The molecule has 22 heavy (non-hydrogen) atoms. The molecule has 0 spiro atoms. The Kier molecular flexibility index (Phi) is 6.29. The quantitative estimate of drug-likeness (QED) is 0.809. The normalized spacial score (nSPS) is 25.3. The summed E-state index contributed by atoms with van der Waals surface area (Å²) >= 11 is 0. The van der Waals surface area contributed by atoms with Gasteiger partial charge in [-0.2, -0.15) is 0 Å². The summed E-state index contributed by atoms with van der Waals surface area (Å²) in [6, 6.07) is 3.16. The van der Waals surface area contributed by atoms with Crippen molar-refractivity contribution in [3.05, 3.63) is 23.8 Å². The largest absolute Gasteiger partial charge is 0.301 e. The van der Waals surface area contributed by atoms with Crippen LogP contribution in [0.25, 0.3) is 0 Å². The van der Waals surface area contributed by atoms with E-state index in [0.29, 0.717) is 18.0 Å². The van der Waals surface area contributed by atoms with Crippen molar-refractivity contribution in [3.8, 4) is 0 Å². The minimum atomic E-state index is 0.385. The molecule has 1 aromatic heterocycles. The molecular formula is C17H31N5. The predicted molar refractivity (Wildman–Crippen MR) is 90.4 cm³/mol. The topological polar surface area (TPSA) is 53.1 Å². The first kappa shape index (κ1) is 17.3. The standard InChI is InChI=1S/C17H31N5/c1-12(2)17-18-9-8-15(19-17)11-22(5)10-6-7-16-13(3)20-21-14(16)4/h8-9,12-14,16,20-21H,6-7,10-11H2,1-5H3. The summed E-state index contributed by atoms with van der Waals surface area (Å²) in [6.07, 6.45) is 4.36. The molecule has 2 atom stereocenters. The van der Waals surface area contributed by atoms with Crippen molar-refractivity contribution in [1.82, 2.24) is 25.7 Å². The number of aromatic nitrogens is 2. The van der Waals surface area contributed by atoms with Crippen LogP contribution in [0.1, 0.15) is 58.0 Å². The van der Waals surface area contributed by atoms with E-state index in [4.69, 9.17) is 0 Å². The van der Waals surface area contributed by atoms with Crippen molar-refractivity contribution >= 4 is 0 Å². The van der Waals surface area contributed by atoms with Gasteiger partial charge < -0.3 is 4.90 Å². The van der Waals surface area contributed by atoms with Crippen LogP contribution in [0.3, 0.4) is 0 Å². The number of nitrogens with one attached hydrogen (secondary N) is 2. The van der Waals surface area contributed by atoms with E-state index in [1.807, 2.05) is 12.3 Å². The fraction of sp³-hybridized carbons (Fsp3) is 0.765. The van der Waals surface area contributed by atoms with Gasteiger partial charge in [0.05, 0.1) is 5.69 Å². The van der Waals surface area contributed by atoms with Gasteiger partial charge in [-0.15, -0.1) is 0 Å². The van der Waals surface area contributed by atoms with Gasteiger partial charge in [-0.3, -0.25) is 10.9 Å². The van der Waals surface area contributed by atoms with Crippen molar-refractivity contribution in [2.24, 2.45) is 5.92 Å². The molecule has 124 valence electrons. The molecule has 0 radical (unpaired) electrons. The first-order valence-corrected chi connectivity index (χ1v) is 8.48. The smallest absolute Gasteiger partial charge is 0.131 e. The minimum Gasteiger partial charge on any atom is -0.301 e. The van der Waals surface area contributed by atoms with Gasteiger partial charge in [0, 0.05) is 30.7 Å². The van der Waals surface area contributed by atoms with E-state index in [1.54, 1.807) is 0 Å². The number of hydrogen-bond donors (Lipinski definition) is 2. The van der Waals surface area contributed by atoms with Crippen LogP contribution in [0.5, 0.6) is 0 Å². The van der Waals surface area contributed by atoms with Crippen LogP contribution in [0.2, 0.25) is 0 Å². The first-order chi connectivity index (χ1) is 10.5. The highest BCUT2D eigenvalue weighted by Crippen LogP contribution is 2.20. The maximum atomic E-state index is 4.65. The summed E-state index contributed by atoms with van der Waals surface area (Å²) in [4.78, 5) is 11.3. The van der Waals surface area contributed by atoms with Gasteiger partial charge in [-0.05, 0) is 52.3 Å². The van der Waals surface area contributed by atoms with Gasteiger partial charge in [0.1, 0.15) is 5.82 Å².